The molecule has 0 unspecified atom stereocenters. The third-order valence-corrected chi connectivity index (χ3v) is 2.05. The van der Waals surface area contributed by atoms with Gasteiger partial charge in [-0.15, -0.1) is 13.2 Å². The summed E-state index contributed by atoms with van der Waals surface area (Å²) in [4.78, 5) is 13.4. The van der Waals surface area contributed by atoms with Gasteiger partial charge in [0.2, 0.25) is 5.88 Å². The van der Waals surface area contributed by atoms with E-state index in [0.29, 0.717) is 5.69 Å². The first-order valence-corrected chi connectivity index (χ1v) is 4.72. The Morgan fingerprint density at radius 2 is 1.83 bits per heavy atom. The maximum absolute atomic E-state index is 11.9. The smallest absolute Gasteiger partial charge is 0.493 e. The van der Waals surface area contributed by atoms with E-state index in [-0.39, 0.29) is 11.6 Å². The number of benzene rings is 1. The van der Waals surface area contributed by atoms with E-state index in [4.69, 9.17) is 5.11 Å². The molecule has 8 heteroatoms. The van der Waals surface area contributed by atoms with Crippen molar-refractivity contribution in [2.45, 2.75) is 6.36 Å². The lowest BCUT2D eigenvalue weighted by molar-refractivity contribution is -0.274. The van der Waals surface area contributed by atoms with E-state index in [9.17, 15) is 18.0 Å². The van der Waals surface area contributed by atoms with Gasteiger partial charge in [-0.2, -0.15) is 0 Å². The molecule has 0 amide bonds. The van der Waals surface area contributed by atoms with Crippen LogP contribution in [0.3, 0.4) is 0 Å². The molecule has 1 aromatic carbocycles. The average Bonchev–Trinajstić information content (AvgIpc) is 2.57. The van der Waals surface area contributed by atoms with E-state index in [0.717, 1.165) is 22.9 Å². The number of nitrogens with one attached hydrogen (secondary N) is 1. The van der Waals surface area contributed by atoms with Crippen LogP contribution in [0.15, 0.2) is 35.3 Å². The van der Waals surface area contributed by atoms with E-state index in [1.165, 1.54) is 12.1 Å². The Bertz CT molecular complexity index is 598. The Balaban J connectivity index is 2.28. The van der Waals surface area contributed by atoms with Crippen molar-refractivity contribution in [1.29, 1.82) is 0 Å². The quantitative estimate of drug-likeness (QED) is 0.864. The van der Waals surface area contributed by atoms with Gasteiger partial charge in [0.25, 0.3) is 0 Å². The standard InChI is InChI=1S/C10H7F3N2O3/c11-10(12,13)18-7-3-1-6(2-4-7)15-5-8(16)14-9(15)17/h1-5,16H,(H,14,17). The van der Waals surface area contributed by atoms with Crippen molar-refractivity contribution in [3.8, 4) is 17.3 Å². The zero-order valence-corrected chi connectivity index (χ0v) is 8.73. The molecule has 96 valence electrons. The summed E-state index contributed by atoms with van der Waals surface area (Å²) < 4.78 is 40.5. The number of ether oxygens (including phenoxy) is 1. The first kappa shape index (κ1) is 12.1. The zero-order chi connectivity index (χ0) is 13.3. The molecule has 0 saturated heterocycles. The summed E-state index contributed by atoms with van der Waals surface area (Å²) in [6.45, 7) is 0. The van der Waals surface area contributed by atoms with Crippen molar-refractivity contribution in [2.24, 2.45) is 0 Å². The van der Waals surface area contributed by atoms with Gasteiger partial charge in [-0.3, -0.25) is 9.55 Å². The largest absolute Gasteiger partial charge is 0.573 e. The van der Waals surface area contributed by atoms with Crippen molar-refractivity contribution in [1.82, 2.24) is 9.55 Å². The first-order valence-electron chi connectivity index (χ1n) is 4.72. The van der Waals surface area contributed by atoms with Crippen molar-refractivity contribution in [2.75, 3.05) is 0 Å². The molecule has 0 bridgehead atoms. The lowest BCUT2D eigenvalue weighted by Gasteiger charge is -2.09. The fraction of sp³-hybridized carbons (Fsp3) is 0.100. The third-order valence-electron chi connectivity index (χ3n) is 2.05. The first-order chi connectivity index (χ1) is 8.35. The topological polar surface area (TPSA) is 67.2 Å². The molecule has 2 rings (SSSR count). The van der Waals surface area contributed by atoms with Gasteiger partial charge in [0.15, 0.2) is 0 Å². The minimum absolute atomic E-state index is 0.297. The number of hydrogen-bond acceptors (Lipinski definition) is 3. The van der Waals surface area contributed by atoms with Crippen LogP contribution in [0.1, 0.15) is 0 Å². The van der Waals surface area contributed by atoms with Crippen LogP contribution in [0.25, 0.3) is 5.69 Å². The van der Waals surface area contributed by atoms with E-state index >= 15 is 0 Å². The minimum Gasteiger partial charge on any atom is -0.493 e. The SMILES string of the molecule is O=c1[nH]c(O)cn1-c1ccc(OC(F)(F)F)cc1. The maximum Gasteiger partial charge on any atom is 0.573 e. The summed E-state index contributed by atoms with van der Waals surface area (Å²) in [6, 6.07) is 4.66. The number of H-pyrrole nitrogens is 1. The molecule has 0 aliphatic carbocycles. The van der Waals surface area contributed by atoms with Crippen molar-refractivity contribution in [3.05, 3.63) is 40.9 Å². The number of alkyl halides is 3. The highest BCUT2D eigenvalue weighted by Gasteiger charge is 2.30. The Morgan fingerprint density at radius 1 is 1.22 bits per heavy atom. The highest BCUT2D eigenvalue weighted by atomic mass is 19.4. The van der Waals surface area contributed by atoms with Crippen LogP contribution < -0.4 is 10.4 Å². The monoisotopic (exact) mass is 260 g/mol. The summed E-state index contributed by atoms with van der Waals surface area (Å²) in [5.74, 6) is -0.727. The average molecular weight is 260 g/mol. The molecule has 18 heavy (non-hydrogen) atoms. The van der Waals surface area contributed by atoms with Crippen LogP contribution >= 0.6 is 0 Å². The summed E-state index contributed by atoms with van der Waals surface area (Å²) in [6.07, 6.45) is -3.65. The van der Waals surface area contributed by atoms with E-state index in [2.05, 4.69) is 9.72 Å². The van der Waals surface area contributed by atoms with Crippen LogP contribution in [0, 0.1) is 0 Å². The Morgan fingerprint density at radius 3 is 2.28 bits per heavy atom. The lowest BCUT2D eigenvalue weighted by atomic mass is 10.3. The Hall–Kier alpha value is -2.38. The predicted molar refractivity (Wildman–Crippen MR) is 54.7 cm³/mol. The molecule has 0 aliphatic heterocycles. The molecule has 1 aromatic heterocycles. The van der Waals surface area contributed by atoms with Gasteiger partial charge in [0.05, 0.1) is 11.9 Å². The van der Waals surface area contributed by atoms with E-state index < -0.39 is 12.1 Å². The summed E-state index contributed by atoms with van der Waals surface area (Å²) in [5, 5.41) is 9.05. The number of halogens is 3. The normalized spacial score (nSPS) is 11.5. The van der Waals surface area contributed by atoms with Gasteiger partial charge in [-0.25, -0.2) is 4.79 Å². The molecule has 0 spiro atoms. The molecule has 0 aliphatic rings. The van der Waals surface area contributed by atoms with E-state index in [1.807, 2.05) is 0 Å². The number of aromatic hydroxyl groups is 1. The molecule has 0 saturated carbocycles. The molecule has 1 heterocycles. The second-order valence-electron chi connectivity index (χ2n) is 3.36. The van der Waals surface area contributed by atoms with Crippen LogP contribution in [0.5, 0.6) is 11.6 Å². The highest BCUT2D eigenvalue weighted by Crippen LogP contribution is 2.23. The maximum atomic E-state index is 11.9. The van der Waals surface area contributed by atoms with Crippen molar-refractivity contribution < 1.29 is 23.0 Å². The van der Waals surface area contributed by atoms with Gasteiger partial charge in [0.1, 0.15) is 5.75 Å². The molecular weight excluding hydrogens is 253 g/mol. The number of imidazole rings is 1. The van der Waals surface area contributed by atoms with Crippen molar-refractivity contribution >= 4 is 0 Å². The second-order valence-corrected chi connectivity index (χ2v) is 3.36. The second kappa shape index (κ2) is 4.13. The molecule has 0 radical (unpaired) electrons. The number of aromatic nitrogens is 2. The molecule has 0 fully saturated rings. The third kappa shape index (κ3) is 2.65. The van der Waals surface area contributed by atoms with Crippen LogP contribution in [0.4, 0.5) is 13.2 Å². The predicted octanol–water partition coefficient (Wildman–Crippen LogP) is 1.77. The molecule has 2 N–H and O–H groups in total. The number of hydrogen-bond donors (Lipinski definition) is 2. The molecular formula is C10H7F3N2O3. The fourth-order valence-corrected chi connectivity index (χ4v) is 1.38. The van der Waals surface area contributed by atoms with Gasteiger partial charge in [0, 0.05) is 0 Å². The van der Waals surface area contributed by atoms with Gasteiger partial charge < -0.3 is 9.84 Å². The summed E-state index contributed by atoms with van der Waals surface area (Å²) >= 11 is 0. The molecule has 5 nitrogen and oxygen atoms in total. The van der Waals surface area contributed by atoms with Gasteiger partial charge >= 0.3 is 12.1 Å². The summed E-state index contributed by atoms with van der Waals surface area (Å²) in [7, 11) is 0. The number of aromatic amines is 1. The fourth-order valence-electron chi connectivity index (χ4n) is 1.38. The van der Waals surface area contributed by atoms with Gasteiger partial charge in [-0.05, 0) is 24.3 Å². The Labute approximate surface area is 98.1 Å². The highest BCUT2D eigenvalue weighted by molar-refractivity contribution is 5.38. The number of rotatable bonds is 2. The zero-order valence-electron chi connectivity index (χ0n) is 8.73. The molecule has 0 atom stereocenters. The van der Waals surface area contributed by atoms with Gasteiger partial charge in [-0.1, -0.05) is 0 Å². The van der Waals surface area contributed by atoms with Crippen LogP contribution in [-0.2, 0) is 0 Å². The van der Waals surface area contributed by atoms with Crippen molar-refractivity contribution in [3.63, 3.8) is 0 Å². The minimum atomic E-state index is -4.76. The lowest BCUT2D eigenvalue weighted by Crippen LogP contribution is -2.17. The number of nitrogens with zero attached hydrogens (tertiary/aromatic N) is 1. The Kier molecular flexibility index (Phi) is 2.77. The molecule has 2 aromatic rings. The summed E-state index contributed by atoms with van der Waals surface area (Å²) in [5.41, 5.74) is -0.303. The van der Waals surface area contributed by atoms with E-state index in [1.54, 1.807) is 0 Å². The van der Waals surface area contributed by atoms with Crippen LogP contribution in [0.2, 0.25) is 0 Å². The van der Waals surface area contributed by atoms with Crippen LogP contribution in [-0.4, -0.2) is 21.0 Å².